The number of benzene rings is 2. The molecule has 0 unspecified atom stereocenters. The molecule has 2 heterocycles. The average Bonchev–Trinajstić information content (AvgIpc) is 3.45. The zero-order valence-electron chi connectivity index (χ0n) is 22.6. The van der Waals surface area contributed by atoms with Crippen molar-refractivity contribution in [3.05, 3.63) is 93.5 Å². The summed E-state index contributed by atoms with van der Waals surface area (Å²) in [7, 11) is 0. The smallest absolute Gasteiger partial charge is 0.305 e. The van der Waals surface area contributed by atoms with Crippen LogP contribution >= 0.6 is 0 Å². The molecule has 0 aliphatic heterocycles. The average molecular weight is 523 g/mol. The normalized spacial score (nSPS) is 17.2. The summed E-state index contributed by atoms with van der Waals surface area (Å²) in [5.74, 6) is -0.165. The van der Waals surface area contributed by atoms with Crippen LogP contribution in [0, 0.1) is 11.3 Å². The second-order valence-corrected chi connectivity index (χ2v) is 10.3. The lowest BCUT2D eigenvalue weighted by molar-refractivity contribution is -0.150. The first kappa shape index (κ1) is 26.4. The number of fused-ring (bicyclic) bond motifs is 1. The molecule has 0 atom stereocenters. The molecule has 200 valence electrons. The van der Waals surface area contributed by atoms with Crippen LogP contribution in [-0.2, 0) is 22.4 Å². The zero-order chi connectivity index (χ0) is 27.4. The van der Waals surface area contributed by atoms with Gasteiger partial charge in [-0.25, -0.2) is 4.52 Å². The van der Waals surface area contributed by atoms with Crippen molar-refractivity contribution in [3.8, 4) is 17.2 Å². The summed E-state index contributed by atoms with van der Waals surface area (Å²) in [6.07, 6.45) is 7.31. The Hall–Kier alpha value is -4.18. The van der Waals surface area contributed by atoms with Crippen LogP contribution in [0.25, 0.3) is 16.8 Å². The van der Waals surface area contributed by atoms with Gasteiger partial charge in [0, 0.05) is 30.5 Å². The minimum atomic E-state index is -0.165. The zero-order valence-corrected chi connectivity index (χ0v) is 22.6. The lowest BCUT2D eigenvalue weighted by Gasteiger charge is -2.30. The lowest BCUT2D eigenvalue weighted by Crippen LogP contribution is -2.35. The van der Waals surface area contributed by atoms with E-state index in [1.54, 1.807) is 6.20 Å². The molecule has 7 nitrogen and oxygen atoms in total. The van der Waals surface area contributed by atoms with E-state index in [-0.39, 0.29) is 23.7 Å². The third-order valence-corrected chi connectivity index (χ3v) is 7.73. The van der Waals surface area contributed by atoms with Crippen molar-refractivity contribution in [2.75, 3.05) is 0 Å². The van der Waals surface area contributed by atoms with Gasteiger partial charge >= 0.3 is 5.97 Å². The van der Waals surface area contributed by atoms with Gasteiger partial charge in [0.25, 0.3) is 5.56 Å². The van der Waals surface area contributed by atoms with Crippen molar-refractivity contribution in [1.82, 2.24) is 14.2 Å². The topological polar surface area (TPSA) is 89.4 Å². The highest BCUT2D eigenvalue weighted by Gasteiger charge is 2.28. The largest absolute Gasteiger partial charge is 0.462 e. The second-order valence-electron chi connectivity index (χ2n) is 10.3. The van der Waals surface area contributed by atoms with E-state index in [4.69, 9.17) is 4.74 Å². The van der Waals surface area contributed by atoms with Gasteiger partial charge in [0.2, 0.25) is 0 Å². The number of hydrogen-bond donors (Lipinski definition) is 0. The third-order valence-electron chi connectivity index (χ3n) is 7.73. The Balaban J connectivity index is 1.48. The van der Waals surface area contributed by atoms with E-state index in [9.17, 15) is 14.9 Å². The highest BCUT2D eigenvalue weighted by Crippen LogP contribution is 2.31. The molecular formula is C32H34N4O3. The van der Waals surface area contributed by atoms with Gasteiger partial charge in [-0.3, -0.25) is 14.2 Å². The Labute approximate surface area is 228 Å². The summed E-state index contributed by atoms with van der Waals surface area (Å²) >= 11 is 0. The predicted molar refractivity (Wildman–Crippen MR) is 151 cm³/mol. The fourth-order valence-electron chi connectivity index (χ4n) is 5.74. The molecule has 4 aromatic rings. The number of nitriles is 1. The fourth-order valence-corrected chi connectivity index (χ4v) is 5.74. The molecule has 1 fully saturated rings. The van der Waals surface area contributed by atoms with Crippen LogP contribution in [0.4, 0.5) is 0 Å². The number of nitrogens with zero attached hydrogens (tertiary/aromatic N) is 4. The molecule has 7 heteroatoms. The Kier molecular flexibility index (Phi) is 7.92. The highest BCUT2D eigenvalue weighted by atomic mass is 16.5. The molecule has 39 heavy (non-hydrogen) atoms. The van der Waals surface area contributed by atoms with Crippen molar-refractivity contribution in [1.29, 1.82) is 5.26 Å². The predicted octanol–water partition coefficient (Wildman–Crippen LogP) is 6.01. The number of aryl methyl sites for hydroxylation is 1. The van der Waals surface area contributed by atoms with E-state index < -0.39 is 0 Å². The van der Waals surface area contributed by atoms with E-state index in [1.165, 1.54) is 0 Å². The molecule has 2 aromatic carbocycles. The van der Waals surface area contributed by atoms with Crippen LogP contribution in [0.2, 0.25) is 0 Å². The molecule has 0 saturated heterocycles. The summed E-state index contributed by atoms with van der Waals surface area (Å²) in [5, 5.41) is 14.1. The molecule has 0 N–H and O–H groups in total. The van der Waals surface area contributed by atoms with Crippen molar-refractivity contribution in [2.24, 2.45) is 0 Å². The number of rotatable bonds is 8. The first-order valence-corrected chi connectivity index (χ1v) is 13.9. The second kappa shape index (κ2) is 11.7. The van der Waals surface area contributed by atoms with Crippen LogP contribution in [0.1, 0.15) is 80.8 Å². The maximum absolute atomic E-state index is 14.2. The molecule has 5 rings (SSSR count). The number of carbonyl (C=O) groups excluding carboxylic acids is 1. The van der Waals surface area contributed by atoms with Gasteiger partial charge in [0.05, 0.1) is 23.5 Å². The maximum atomic E-state index is 14.2. The van der Waals surface area contributed by atoms with Crippen LogP contribution in [0.5, 0.6) is 0 Å². The molecule has 1 aliphatic rings. The van der Waals surface area contributed by atoms with Gasteiger partial charge in [-0.2, -0.15) is 10.4 Å². The van der Waals surface area contributed by atoms with Crippen LogP contribution in [0.3, 0.4) is 0 Å². The minimum Gasteiger partial charge on any atom is -0.462 e. The summed E-state index contributed by atoms with van der Waals surface area (Å²) < 4.78 is 9.45. The lowest BCUT2D eigenvalue weighted by atomic mass is 9.92. The van der Waals surface area contributed by atoms with Gasteiger partial charge in [0.15, 0.2) is 0 Å². The number of carbonyl (C=O) groups is 1. The van der Waals surface area contributed by atoms with E-state index in [0.29, 0.717) is 18.4 Å². The summed E-state index contributed by atoms with van der Waals surface area (Å²) in [6, 6.07) is 19.9. The molecule has 0 spiro atoms. The molecule has 0 radical (unpaired) electrons. The van der Waals surface area contributed by atoms with E-state index in [0.717, 1.165) is 72.1 Å². The SMILES string of the molecule is CCCc1c(Cc2ccc(-c3ccccc3C#N)cc2)c(=O)n(C2CCC(OC(=O)CC)CC2)c2ccnn12. The standard InChI is InChI=1S/C32H34N4O3/c1-3-7-29-28(20-22-10-12-23(13-11-22)27-9-6-5-8-24(27)21-33)32(38)35(30-18-19-34-36(29)30)25-14-16-26(17-15-25)39-31(37)4-2/h5-6,8-13,18-19,25-26H,3-4,7,14-17,20H2,1-2H3. The molecular weight excluding hydrogens is 488 g/mol. The Morgan fingerprint density at radius 2 is 1.79 bits per heavy atom. The number of ether oxygens (including phenoxy) is 1. The van der Waals surface area contributed by atoms with Crippen molar-refractivity contribution >= 4 is 11.6 Å². The third kappa shape index (κ3) is 5.37. The van der Waals surface area contributed by atoms with Gasteiger partial charge in [-0.1, -0.05) is 62.7 Å². The molecule has 0 bridgehead atoms. The summed E-state index contributed by atoms with van der Waals surface area (Å²) in [4.78, 5) is 25.9. The fraction of sp³-hybridized carbons (Fsp3) is 0.375. The monoisotopic (exact) mass is 522 g/mol. The Morgan fingerprint density at radius 3 is 2.49 bits per heavy atom. The van der Waals surface area contributed by atoms with E-state index in [1.807, 2.05) is 70.6 Å². The minimum absolute atomic E-state index is 0.0348. The molecule has 0 amide bonds. The first-order chi connectivity index (χ1) is 19.0. The van der Waals surface area contributed by atoms with Gasteiger partial charge < -0.3 is 4.74 Å². The first-order valence-electron chi connectivity index (χ1n) is 13.9. The Bertz CT molecular complexity index is 1570. The van der Waals surface area contributed by atoms with Gasteiger partial charge in [-0.05, 0) is 54.9 Å². The summed E-state index contributed by atoms with van der Waals surface area (Å²) in [5.41, 5.74) is 6.16. The van der Waals surface area contributed by atoms with Crippen LogP contribution in [0.15, 0.2) is 65.6 Å². The maximum Gasteiger partial charge on any atom is 0.305 e. The van der Waals surface area contributed by atoms with Gasteiger partial charge in [0.1, 0.15) is 11.8 Å². The van der Waals surface area contributed by atoms with Crippen molar-refractivity contribution < 1.29 is 9.53 Å². The van der Waals surface area contributed by atoms with Crippen molar-refractivity contribution in [2.45, 2.75) is 77.4 Å². The van der Waals surface area contributed by atoms with Crippen LogP contribution in [-0.4, -0.2) is 26.3 Å². The number of aromatic nitrogens is 3. The van der Waals surface area contributed by atoms with E-state index in [2.05, 4.69) is 18.1 Å². The quantitative estimate of drug-likeness (QED) is 0.264. The Morgan fingerprint density at radius 1 is 1.05 bits per heavy atom. The number of esters is 1. The molecule has 2 aromatic heterocycles. The van der Waals surface area contributed by atoms with Gasteiger partial charge in [-0.15, -0.1) is 0 Å². The molecule has 1 saturated carbocycles. The van der Waals surface area contributed by atoms with E-state index >= 15 is 0 Å². The molecule has 1 aliphatic carbocycles. The van der Waals surface area contributed by atoms with Crippen molar-refractivity contribution in [3.63, 3.8) is 0 Å². The summed E-state index contributed by atoms with van der Waals surface area (Å²) in [6.45, 7) is 3.92. The van der Waals surface area contributed by atoms with Crippen LogP contribution < -0.4 is 5.56 Å². The number of hydrogen-bond acceptors (Lipinski definition) is 5. The highest BCUT2D eigenvalue weighted by molar-refractivity contribution is 5.70.